The van der Waals surface area contributed by atoms with Crippen molar-refractivity contribution in [1.29, 1.82) is 0 Å². The number of amides is 1. The molecule has 4 heteroatoms. The molecule has 0 bridgehead atoms. The van der Waals surface area contributed by atoms with Crippen LogP contribution >= 0.6 is 0 Å². The van der Waals surface area contributed by atoms with Crippen LogP contribution in [0.5, 0.6) is 0 Å². The van der Waals surface area contributed by atoms with Crippen LogP contribution in [-0.2, 0) is 22.6 Å². The van der Waals surface area contributed by atoms with E-state index in [-0.39, 0.29) is 24.0 Å². The quantitative estimate of drug-likeness (QED) is 0.908. The molecule has 1 aromatic carbocycles. The normalized spacial score (nSPS) is 25.8. The van der Waals surface area contributed by atoms with Gasteiger partial charge in [-0.2, -0.15) is 0 Å². The van der Waals surface area contributed by atoms with E-state index in [1.54, 1.807) is 0 Å². The van der Waals surface area contributed by atoms with E-state index in [1.165, 1.54) is 17.5 Å². The first kappa shape index (κ1) is 16.5. The first-order chi connectivity index (χ1) is 11.1. The van der Waals surface area contributed by atoms with E-state index < -0.39 is 0 Å². The van der Waals surface area contributed by atoms with Gasteiger partial charge in [-0.15, -0.1) is 0 Å². The Balaban J connectivity index is 1.59. The zero-order valence-corrected chi connectivity index (χ0v) is 14.3. The number of nitrogens with zero attached hydrogens (tertiary/aromatic N) is 1. The highest BCUT2D eigenvalue weighted by atomic mass is 16.5. The van der Waals surface area contributed by atoms with Crippen molar-refractivity contribution < 1.29 is 9.53 Å². The molecule has 0 unspecified atom stereocenters. The summed E-state index contributed by atoms with van der Waals surface area (Å²) in [7, 11) is 0. The average Bonchev–Trinajstić information content (AvgIpc) is 2.43. The SMILES string of the molecule is C[C@H]1CN(Cc2ccccc2CNC(=O)C2CCC2)C[C@H](C)O1. The summed E-state index contributed by atoms with van der Waals surface area (Å²) in [6.45, 7) is 7.76. The maximum Gasteiger partial charge on any atom is 0.223 e. The van der Waals surface area contributed by atoms with Crippen molar-refractivity contribution in [2.75, 3.05) is 13.1 Å². The molecule has 2 fully saturated rings. The molecule has 1 saturated carbocycles. The summed E-state index contributed by atoms with van der Waals surface area (Å²) in [6.07, 6.45) is 3.87. The number of benzene rings is 1. The van der Waals surface area contributed by atoms with Crippen molar-refractivity contribution >= 4 is 5.91 Å². The van der Waals surface area contributed by atoms with Crippen LogP contribution in [-0.4, -0.2) is 36.1 Å². The van der Waals surface area contributed by atoms with E-state index in [1.807, 2.05) is 0 Å². The fourth-order valence-corrected chi connectivity index (χ4v) is 3.54. The number of hydrogen-bond donors (Lipinski definition) is 1. The summed E-state index contributed by atoms with van der Waals surface area (Å²) in [5, 5.41) is 3.11. The van der Waals surface area contributed by atoms with Gasteiger partial charge < -0.3 is 10.1 Å². The first-order valence-electron chi connectivity index (χ1n) is 8.84. The third kappa shape index (κ3) is 4.33. The highest BCUT2D eigenvalue weighted by molar-refractivity contribution is 5.79. The Morgan fingerprint density at radius 1 is 1.17 bits per heavy atom. The van der Waals surface area contributed by atoms with E-state index in [0.29, 0.717) is 6.54 Å². The van der Waals surface area contributed by atoms with Crippen LogP contribution < -0.4 is 5.32 Å². The largest absolute Gasteiger partial charge is 0.373 e. The minimum atomic E-state index is 0.222. The van der Waals surface area contributed by atoms with Crippen LogP contribution in [0.15, 0.2) is 24.3 Å². The number of morpholine rings is 1. The Hall–Kier alpha value is -1.39. The van der Waals surface area contributed by atoms with Gasteiger partial charge in [-0.3, -0.25) is 9.69 Å². The summed E-state index contributed by atoms with van der Waals surface area (Å²) in [6, 6.07) is 8.44. The highest BCUT2D eigenvalue weighted by Gasteiger charge is 2.25. The number of hydrogen-bond acceptors (Lipinski definition) is 3. The molecule has 2 atom stereocenters. The van der Waals surface area contributed by atoms with Crippen LogP contribution in [0.25, 0.3) is 0 Å². The lowest BCUT2D eigenvalue weighted by Gasteiger charge is -2.35. The summed E-state index contributed by atoms with van der Waals surface area (Å²) in [5.74, 6) is 0.475. The molecule has 1 aromatic rings. The van der Waals surface area contributed by atoms with Gasteiger partial charge in [0, 0.05) is 32.1 Å². The van der Waals surface area contributed by atoms with Crippen LogP contribution in [0.1, 0.15) is 44.2 Å². The monoisotopic (exact) mass is 316 g/mol. The minimum Gasteiger partial charge on any atom is -0.373 e. The van der Waals surface area contributed by atoms with E-state index in [0.717, 1.165) is 32.5 Å². The summed E-state index contributed by atoms with van der Waals surface area (Å²) in [4.78, 5) is 14.5. The Kier molecular flexibility index (Phi) is 5.34. The van der Waals surface area contributed by atoms with Gasteiger partial charge in [0.15, 0.2) is 0 Å². The Labute approximate surface area is 139 Å². The molecule has 126 valence electrons. The molecule has 3 rings (SSSR count). The summed E-state index contributed by atoms with van der Waals surface area (Å²) >= 11 is 0. The van der Waals surface area contributed by atoms with Crippen molar-refractivity contribution in [3.05, 3.63) is 35.4 Å². The fourth-order valence-electron chi connectivity index (χ4n) is 3.54. The average molecular weight is 316 g/mol. The van der Waals surface area contributed by atoms with Crippen LogP contribution in [0.4, 0.5) is 0 Å². The van der Waals surface area contributed by atoms with Crippen molar-refractivity contribution in [3.63, 3.8) is 0 Å². The van der Waals surface area contributed by atoms with Gasteiger partial charge in [-0.25, -0.2) is 0 Å². The Morgan fingerprint density at radius 2 is 1.83 bits per heavy atom. The van der Waals surface area contributed by atoms with Gasteiger partial charge in [0.25, 0.3) is 0 Å². The number of carbonyl (C=O) groups excluding carboxylic acids is 1. The van der Waals surface area contributed by atoms with Crippen LogP contribution in [0.3, 0.4) is 0 Å². The third-order valence-electron chi connectivity index (χ3n) is 4.94. The zero-order valence-electron chi connectivity index (χ0n) is 14.3. The van der Waals surface area contributed by atoms with Gasteiger partial charge in [0.05, 0.1) is 12.2 Å². The predicted octanol–water partition coefficient (Wildman–Crippen LogP) is 2.71. The lowest BCUT2D eigenvalue weighted by molar-refractivity contribution is -0.127. The molecule has 0 aromatic heterocycles. The zero-order chi connectivity index (χ0) is 16.2. The van der Waals surface area contributed by atoms with Gasteiger partial charge in [-0.1, -0.05) is 30.7 Å². The lowest BCUT2D eigenvalue weighted by atomic mass is 9.85. The first-order valence-corrected chi connectivity index (χ1v) is 8.84. The van der Waals surface area contributed by atoms with Gasteiger partial charge >= 0.3 is 0 Å². The maximum absolute atomic E-state index is 12.0. The van der Waals surface area contributed by atoms with E-state index >= 15 is 0 Å². The second-order valence-corrected chi connectivity index (χ2v) is 7.07. The molecule has 1 saturated heterocycles. The summed E-state index contributed by atoms with van der Waals surface area (Å²) < 4.78 is 5.81. The standard InChI is InChI=1S/C19H28N2O2/c1-14-11-21(12-15(2)23-14)13-18-7-4-3-6-17(18)10-20-19(22)16-8-5-9-16/h3-4,6-7,14-16H,5,8-13H2,1-2H3,(H,20,22)/t14-,15-/m0/s1. The molecular weight excluding hydrogens is 288 g/mol. The Morgan fingerprint density at radius 3 is 2.43 bits per heavy atom. The van der Waals surface area contributed by atoms with Crippen LogP contribution in [0, 0.1) is 5.92 Å². The van der Waals surface area contributed by atoms with Gasteiger partial charge in [0.1, 0.15) is 0 Å². The van der Waals surface area contributed by atoms with E-state index in [9.17, 15) is 4.79 Å². The molecule has 2 aliphatic rings. The minimum absolute atomic E-state index is 0.222. The maximum atomic E-state index is 12.0. The molecule has 1 amide bonds. The fraction of sp³-hybridized carbons (Fsp3) is 0.632. The molecule has 4 nitrogen and oxygen atoms in total. The van der Waals surface area contributed by atoms with Crippen molar-refractivity contribution in [2.45, 2.75) is 58.4 Å². The molecule has 1 aliphatic heterocycles. The highest BCUT2D eigenvalue weighted by Crippen LogP contribution is 2.26. The van der Waals surface area contributed by atoms with Crippen LogP contribution in [0.2, 0.25) is 0 Å². The van der Waals surface area contributed by atoms with Crippen molar-refractivity contribution in [3.8, 4) is 0 Å². The van der Waals surface area contributed by atoms with Crippen molar-refractivity contribution in [1.82, 2.24) is 10.2 Å². The molecular formula is C19H28N2O2. The molecule has 0 spiro atoms. The smallest absolute Gasteiger partial charge is 0.223 e. The second kappa shape index (κ2) is 7.45. The van der Waals surface area contributed by atoms with E-state index in [2.05, 4.69) is 48.3 Å². The van der Waals surface area contributed by atoms with E-state index in [4.69, 9.17) is 4.74 Å². The molecule has 1 heterocycles. The number of nitrogens with one attached hydrogen (secondary N) is 1. The molecule has 1 N–H and O–H groups in total. The number of carbonyl (C=O) groups is 1. The topological polar surface area (TPSA) is 41.6 Å². The molecule has 23 heavy (non-hydrogen) atoms. The third-order valence-corrected chi connectivity index (χ3v) is 4.94. The second-order valence-electron chi connectivity index (χ2n) is 7.07. The van der Waals surface area contributed by atoms with Crippen molar-refractivity contribution in [2.24, 2.45) is 5.92 Å². The number of rotatable bonds is 5. The molecule has 1 aliphatic carbocycles. The van der Waals surface area contributed by atoms with Gasteiger partial charge in [-0.05, 0) is 37.8 Å². The lowest BCUT2D eigenvalue weighted by Crippen LogP contribution is -2.45. The van der Waals surface area contributed by atoms with Gasteiger partial charge in [0.2, 0.25) is 5.91 Å². The predicted molar refractivity (Wildman–Crippen MR) is 90.9 cm³/mol. The summed E-state index contributed by atoms with van der Waals surface area (Å²) in [5.41, 5.74) is 2.54. The number of ether oxygens (including phenoxy) is 1. The Bertz CT molecular complexity index is 532. The molecule has 0 radical (unpaired) electrons.